The molecule has 0 radical (unpaired) electrons. The fourth-order valence-corrected chi connectivity index (χ4v) is 5.80. The van der Waals surface area contributed by atoms with Crippen LogP contribution in [0.3, 0.4) is 0 Å². The van der Waals surface area contributed by atoms with Gasteiger partial charge in [-0.3, -0.25) is 4.79 Å². The SMILES string of the molecule is O=C(O)c1c2c(c3c4ccccc4c4ccccc4c3c1-c1ccccc1)C(=O)c1ccccc1-2. The van der Waals surface area contributed by atoms with Crippen molar-refractivity contribution in [3.63, 3.8) is 0 Å². The van der Waals surface area contributed by atoms with Crippen LogP contribution in [0.15, 0.2) is 103 Å². The molecule has 6 aromatic carbocycles. The van der Waals surface area contributed by atoms with Gasteiger partial charge in [-0.15, -0.1) is 0 Å². The van der Waals surface area contributed by atoms with E-state index >= 15 is 0 Å². The molecule has 164 valence electrons. The molecule has 0 spiro atoms. The van der Waals surface area contributed by atoms with Gasteiger partial charge in [0, 0.05) is 27.6 Å². The van der Waals surface area contributed by atoms with Crippen LogP contribution < -0.4 is 0 Å². The summed E-state index contributed by atoms with van der Waals surface area (Å²) in [5.74, 6) is -1.16. The first-order chi connectivity index (χ1) is 17.2. The van der Waals surface area contributed by atoms with Crippen molar-refractivity contribution >= 4 is 44.1 Å². The molecule has 1 aliphatic carbocycles. The highest BCUT2D eigenvalue weighted by Gasteiger charge is 2.36. The van der Waals surface area contributed by atoms with Crippen molar-refractivity contribution in [1.29, 1.82) is 0 Å². The zero-order valence-electron chi connectivity index (χ0n) is 18.6. The predicted octanol–water partition coefficient (Wildman–Crippen LogP) is 7.72. The average Bonchev–Trinajstić information content (AvgIpc) is 3.20. The Morgan fingerprint density at radius 2 is 1.00 bits per heavy atom. The maximum Gasteiger partial charge on any atom is 0.337 e. The largest absolute Gasteiger partial charge is 0.478 e. The Hall–Kier alpha value is -4.76. The first kappa shape index (κ1) is 19.7. The normalized spacial score (nSPS) is 12.3. The van der Waals surface area contributed by atoms with Crippen LogP contribution in [0, 0.1) is 0 Å². The van der Waals surface area contributed by atoms with Crippen LogP contribution in [0.4, 0.5) is 0 Å². The summed E-state index contributed by atoms with van der Waals surface area (Å²) in [4.78, 5) is 26.9. The zero-order valence-corrected chi connectivity index (χ0v) is 18.6. The number of benzene rings is 6. The Balaban J connectivity index is 1.89. The number of hydrogen-bond donors (Lipinski definition) is 1. The van der Waals surface area contributed by atoms with E-state index in [-0.39, 0.29) is 11.3 Å². The summed E-state index contributed by atoms with van der Waals surface area (Å²) >= 11 is 0. The van der Waals surface area contributed by atoms with Gasteiger partial charge in [0.15, 0.2) is 5.78 Å². The van der Waals surface area contributed by atoms with E-state index in [0.29, 0.717) is 27.8 Å². The predicted molar refractivity (Wildman–Crippen MR) is 140 cm³/mol. The Labute approximate surface area is 200 Å². The van der Waals surface area contributed by atoms with Crippen molar-refractivity contribution in [2.24, 2.45) is 0 Å². The number of aromatic carboxylic acids is 1. The molecule has 0 heterocycles. The highest BCUT2D eigenvalue weighted by Crippen LogP contribution is 2.51. The van der Waals surface area contributed by atoms with Crippen LogP contribution in [0.1, 0.15) is 26.3 Å². The van der Waals surface area contributed by atoms with Crippen molar-refractivity contribution in [3.8, 4) is 22.3 Å². The fourth-order valence-electron chi connectivity index (χ4n) is 5.80. The van der Waals surface area contributed by atoms with Gasteiger partial charge in [-0.1, -0.05) is 103 Å². The molecular weight excluding hydrogens is 432 g/mol. The van der Waals surface area contributed by atoms with Crippen LogP contribution in [-0.4, -0.2) is 16.9 Å². The van der Waals surface area contributed by atoms with Crippen molar-refractivity contribution in [3.05, 3.63) is 120 Å². The molecule has 0 amide bonds. The first-order valence-corrected chi connectivity index (χ1v) is 11.5. The van der Waals surface area contributed by atoms with Crippen molar-refractivity contribution in [2.75, 3.05) is 0 Å². The molecule has 0 atom stereocenters. The van der Waals surface area contributed by atoms with Crippen LogP contribution in [-0.2, 0) is 0 Å². The molecule has 0 saturated heterocycles. The molecule has 1 N–H and O–H groups in total. The number of rotatable bonds is 2. The third kappa shape index (κ3) is 2.55. The van der Waals surface area contributed by atoms with E-state index < -0.39 is 5.97 Å². The maximum atomic E-state index is 13.9. The molecule has 0 saturated carbocycles. The Morgan fingerprint density at radius 3 is 1.60 bits per heavy atom. The Kier molecular flexibility index (Phi) is 4.00. The number of fused-ring (bicyclic) bond motifs is 10. The van der Waals surface area contributed by atoms with E-state index in [4.69, 9.17) is 0 Å². The summed E-state index contributed by atoms with van der Waals surface area (Å²) in [6.07, 6.45) is 0. The number of carboxylic acid groups (broad SMARTS) is 1. The molecule has 1 aliphatic rings. The molecule has 6 aromatic rings. The lowest BCUT2D eigenvalue weighted by molar-refractivity contribution is 0.0698. The second-order valence-electron chi connectivity index (χ2n) is 8.89. The lowest BCUT2D eigenvalue weighted by Gasteiger charge is -2.20. The van der Waals surface area contributed by atoms with E-state index in [1.54, 1.807) is 6.07 Å². The standard InChI is InChI=1S/C32H18O3/c33-31-24-17-9-8-16-23(24)28-29(31)27-22-15-7-5-13-20(22)19-12-4-6-14-21(19)26(27)25(30(28)32(34)35)18-10-2-1-3-11-18/h1-17H,(H,34,35). The fraction of sp³-hybridized carbons (Fsp3) is 0. The van der Waals surface area contributed by atoms with Gasteiger partial charge in [0.2, 0.25) is 0 Å². The minimum atomic E-state index is -1.04. The van der Waals surface area contributed by atoms with E-state index in [2.05, 4.69) is 12.1 Å². The highest BCUT2D eigenvalue weighted by atomic mass is 16.4. The summed E-state index contributed by atoms with van der Waals surface area (Å²) in [6, 6.07) is 33.1. The number of carbonyl (C=O) groups excluding carboxylic acids is 1. The van der Waals surface area contributed by atoms with Gasteiger partial charge in [0.1, 0.15) is 0 Å². The van der Waals surface area contributed by atoms with Crippen LogP contribution in [0.5, 0.6) is 0 Å². The van der Waals surface area contributed by atoms with Gasteiger partial charge in [0.25, 0.3) is 0 Å². The highest BCUT2D eigenvalue weighted by molar-refractivity contribution is 6.40. The Morgan fingerprint density at radius 1 is 0.514 bits per heavy atom. The minimum Gasteiger partial charge on any atom is -0.478 e. The molecule has 0 aliphatic heterocycles. The molecule has 3 heteroatoms. The second-order valence-corrected chi connectivity index (χ2v) is 8.89. The smallest absolute Gasteiger partial charge is 0.337 e. The number of ketones is 1. The summed E-state index contributed by atoms with van der Waals surface area (Å²) in [6.45, 7) is 0. The van der Waals surface area contributed by atoms with Gasteiger partial charge in [-0.05, 0) is 38.1 Å². The van der Waals surface area contributed by atoms with E-state index in [9.17, 15) is 14.7 Å². The number of carbonyl (C=O) groups is 2. The summed E-state index contributed by atoms with van der Waals surface area (Å²) in [7, 11) is 0. The van der Waals surface area contributed by atoms with Gasteiger partial charge in [-0.25, -0.2) is 4.79 Å². The lowest BCUT2D eigenvalue weighted by atomic mass is 9.81. The van der Waals surface area contributed by atoms with Crippen LogP contribution in [0.2, 0.25) is 0 Å². The quantitative estimate of drug-likeness (QED) is 0.274. The lowest BCUT2D eigenvalue weighted by Crippen LogP contribution is -2.07. The van der Waals surface area contributed by atoms with E-state index in [0.717, 1.165) is 37.9 Å². The van der Waals surface area contributed by atoms with Gasteiger partial charge >= 0.3 is 5.97 Å². The second kappa shape index (κ2) is 7.12. The zero-order chi connectivity index (χ0) is 23.7. The monoisotopic (exact) mass is 450 g/mol. The van der Waals surface area contributed by atoms with Gasteiger partial charge < -0.3 is 5.11 Å². The van der Waals surface area contributed by atoms with Gasteiger partial charge in [-0.2, -0.15) is 0 Å². The molecule has 0 unspecified atom stereocenters. The minimum absolute atomic E-state index is 0.122. The molecule has 0 fully saturated rings. The van der Waals surface area contributed by atoms with Crippen LogP contribution >= 0.6 is 0 Å². The van der Waals surface area contributed by atoms with Gasteiger partial charge in [0.05, 0.1) is 5.56 Å². The molecule has 35 heavy (non-hydrogen) atoms. The van der Waals surface area contributed by atoms with E-state index in [1.165, 1.54) is 0 Å². The maximum absolute atomic E-state index is 13.9. The first-order valence-electron chi connectivity index (χ1n) is 11.5. The van der Waals surface area contributed by atoms with Crippen molar-refractivity contribution < 1.29 is 14.7 Å². The summed E-state index contributed by atoms with van der Waals surface area (Å²) in [5.41, 5.74) is 3.88. The topological polar surface area (TPSA) is 54.4 Å². The molecular formula is C32H18O3. The third-order valence-corrected chi connectivity index (χ3v) is 7.13. The van der Waals surface area contributed by atoms with Crippen molar-refractivity contribution in [1.82, 2.24) is 0 Å². The third-order valence-electron chi connectivity index (χ3n) is 7.13. The molecule has 3 nitrogen and oxygen atoms in total. The molecule has 0 bridgehead atoms. The van der Waals surface area contributed by atoms with E-state index in [1.807, 2.05) is 84.9 Å². The number of carboxylic acids is 1. The summed E-state index contributed by atoms with van der Waals surface area (Å²) in [5, 5.41) is 16.2. The average molecular weight is 450 g/mol. The van der Waals surface area contributed by atoms with Crippen molar-refractivity contribution in [2.45, 2.75) is 0 Å². The Bertz CT molecular complexity index is 1880. The molecule has 7 rings (SSSR count). The molecule has 0 aromatic heterocycles. The summed E-state index contributed by atoms with van der Waals surface area (Å²) < 4.78 is 0. The number of hydrogen-bond acceptors (Lipinski definition) is 2. The van der Waals surface area contributed by atoms with Crippen LogP contribution in [0.25, 0.3) is 54.6 Å².